The van der Waals surface area contributed by atoms with E-state index in [-0.39, 0.29) is 12.2 Å². The zero-order valence-corrected chi connectivity index (χ0v) is 15.5. The van der Waals surface area contributed by atoms with Crippen molar-refractivity contribution >= 4 is 29.2 Å². The number of aromatic carboxylic acids is 1. The van der Waals surface area contributed by atoms with Gasteiger partial charge in [0, 0.05) is 40.0 Å². The van der Waals surface area contributed by atoms with E-state index in [1.807, 2.05) is 0 Å². The Balaban J connectivity index is 1.82. The van der Waals surface area contributed by atoms with Crippen molar-refractivity contribution in [2.24, 2.45) is 0 Å². The van der Waals surface area contributed by atoms with Gasteiger partial charge in [-0.05, 0) is 42.0 Å². The lowest BCUT2D eigenvalue weighted by Gasteiger charge is -2.13. The van der Waals surface area contributed by atoms with Gasteiger partial charge in [-0.25, -0.2) is 9.18 Å². The maximum absolute atomic E-state index is 13.9. The molecule has 1 aromatic heterocycles. The number of nitrogens with zero attached hydrogens (tertiary/aromatic N) is 1. The number of rotatable bonds is 6. The third kappa shape index (κ3) is 4.96. The van der Waals surface area contributed by atoms with E-state index in [2.05, 4.69) is 4.98 Å². The Labute approximate surface area is 165 Å². The Morgan fingerprint density at radius 3 is 2.52 bits per heavy atom. The molecule has 1 N–H and O–H groups in total. The highest BCUT2D eigenvalue weighted by Crippen LogP contribution is 2.27. The number of pyridine rings is 1. The molecule has 0 aliphatic rings. The topological polar surface area (TPSA) is 59.4 Å². The lowest BCUT2D eigenvalue weighted by molar-refractivity contribution is 0.0696. The van der Waals surface area contributed by atoms with E-state index in [0.717, 1.165) is 5.56 Å². The molecule has 4 nitrogen and oxygen atoms in total. The summed E-state index contributed by atoms with van der Waals surface area (Å²) in [5.41, 5.74) is 1.90. The van der Waals surface area contributed by atoms with Gasteiger partial charge in [0.1, 0.15) is 18.2 Å². The van der Waals surface area contributed by atoms with Gasteiger partial charge in [-0.3, -0.25) is 4.98 Å². The molecule has 0 amide bonds. The number of carboxylic acid groups (broad SMARTS) is 1. The molecule has 7 heteroatoms. The van der Waals surface area contributed by atoms with Gasteiger partial charge < -0.3 is 9.84 Å². The van der Waals surface area contributed by atoms with Crippen LogP contribution < -0.4 is 4.74 Å². The normalized spacial score (nSPS) is 10.6. The zero-order valence-electron chi connectivity index (χ0n) is 14.0. The SMILES string of the molecule is O=C(O)c1cncc(Cc2cc(Cl)ccc2OCc2ccc(Cl)cc2F)c1. The Kier molecular flexibility index (Phi) is 5.94. The van der Waals surface area contributed by atoms with Crippen molar-refractivity contribution in [1.82, 2.24) is 4.98 Å². The number of halogens is 3. The summed E-state index contributed by atoms with van der Waals surface area (Å²) in [6.45, 7) is 0.0189. The monoisotopic (exact) mass is 405 g/mol. The van der Waals surface area contributed by atoms with Gasteiger partial charge in [-0.15, -0.1) is 0 Å². The highest BCUT2D eigenvalue weighted by Gasteiger charge is 2.11. The second kappa shape index (κ2) is 8.37. The Hall–Kier alpha value is -2.63. The number of hydrogen-bond donors (Lipinski definition) is 1. The summed E-state index contributed by atoms with van der Waals surface area (Å²) in [6, 6.07) is 11.0. The molecule has 0 spiro atoms. The van der Waals surface area contributed by atoms with Crippen molar-refractivity contribution in [3.63, 3.8) is 0 Å². The van der Waals surface area contributed by atoms with E-state index in [1.54, 1.807) is 42.6 Å². The molecule has 0 aliphatic heterocycles. The molecule has 0 radical (unpaired) electrons. The van der Waals surface area contributed by atoms with E-state index in [0.29, 0.717) is 33.3 Å². The average molecular weight is 406 g/mol. The highest BCUT2D eigenvalue weighted by molar-refractivity contribution is 6.30. The minimum atomic E-state index is -1.05. The van der Waals surface area contributed by atoms with Crippen molar-refractivity contribution in [2.75, 3.05) is 0 Å². The number of carbonyl (C=O) groups is 1. The van der Waals surface area contributed by atoms with Gasteiger partial charge in [-0.2, -0.15) is 0 Å². The van der Waals surface area contributed by atoms with Crippen LogP contribution in [-0.4, -0.2) is 16.1 Å². The first-order valence-electron chi connectivity index (χ1n) is 7.95. The smallest absolute Gasteiger partial charge is 0.337 e. The highest BCUT2D eigenvalue weighted by atomic mass is 35.5. The van der Waals surface area contributed by atoms with Gasteiger partial charge in [0.2, 0.25) is 0 Å². The summed E-state index contributed by atoms with van der Waals surface area (Å²) in [4.78, 5) is 15.1. The molecular weight excluding hydrogens is 392 g/mol. The lowest BCUT2D eigenvalue weighted by atomic mass is 10.0. The number of hydrogen-bond acceptors (Lipinski definition) is 3. The molecule has 0 bridgehead atoms. The minimum absolute atomic E-state index is 0.0189. The molecule has 0 unspecified atom stereocenters. The molecule has 2 aromatic carbocycles. The van der Waals surface area contributed by atoms with Crippen LogP contribution in [0.25, 0.3) is 0 Å². The molecule has 1 heterocycles. The molecular formula is C20H14Cl2FNO3. The van der Waals surface area contributed by atoms with Crippen LogP contribution in [-0.2, 0) is 13.0 Å². The van der Waals surface area contributed by atoms with E-state index in [9.17, 15) is 9.18 Å². The minimum Gasteiger partial charge on any atom is -0.489 e. The first-order chi connectivity index (χ1) is 12.9. The summed E-state index contributed by atoms with van der Waals surface area (Å²) in [5.74, 6) is -0.976. The van der Waals surface area contributed by atoms with Crippen molar-refractivity contribution in [1.29, 1.82) is 0 Å². The quantitative estimate of drug-likeness (QED) is 0.596. The lowest BCUT2D eigenvalue weighted by Crippen LogP contribution is -2.03. The second-order valence-corrected chi connectivity index (χ2v) is 6.71. The molecule has 3 rings (SSSR count). The number of benzene rings is 2. The van der Waals surface area contributed by atoms with Crippen LogP contribution >= 0.6 is 23.2 Å². The molecule has 0 saturated heterocycles. The van der Waals surface area contributed by atoms with Crippen LogP contribution in [0.5, 0.6) is 5.75 Å². The standard InChI is InChI=1S/C20H14Cl2FNO3/c21-16-3-4-19(27-11-13-1-2-17(22)8-18(13)23)14(7-16)5-12-6-15(20(25)26)10-24-9-12/h1-4,6-10H,5,11H2,(H,25,26). The van der Waals surface area contributed by atoms with Crippen LogP contribution in [0.15, 0.2) is 54.9 Å². The van der Waals surface area contributed by atoms with Crippen LogP contribution in [0.2, 0.25) is 10.0 Å². The third-order valence-electron chi connectivity index (χ3n) is 3.86. The van der Waals surface area contributed by atoms with Gasteiger partial charge in [0.25, 0.3) is 0 Å². The Morgan fingerprint density at radius 1 is 1.04 bits per heavy atom. The molecule has 0 saturated carbocycles. The third-order valence-corrected chi connectivity index (χ3v) is 4.33. The van der Waals surface area contributed by atoms with Gasteiger partial charge >= 0.3 is 5.97 Å². The fourth-order valence-electron chi connectivity index (χ4n) is 2.54. The number of carboxylic acids is 1. The zero-order chi connectivity index (χ0) is 19.4. The summed E-state index contributed by atoms with van der Waals surface area (Å²) in [5, 5.41) is 9.92. The number of ether oxygens (including phenoxy) is 1. The summed E-state index contributed by atoms with van der Waals surface area (Å²) < 4.78 is 19.7. The van der Waals surface area contributed by atoms with E-state index in [1.165, 1.54) is 12.3 Å². The van der Waals surface area contributed by atoms with Crippen molar-refractivity contribution < 1.29 is 19.0 Å². The molecule has 138 valence electrons. The van der Waals surface area contributed by atoms with Crippen molar-refractivity contribution in [2.45, 2.75) is 13.0 Å². The van der Waals surface area contributed by atoms with E-state index < -0.39 is 11.8 Å². The van der Waals surface area contributed by atoms with Crippen LogP contribution in [0.4, 0.5) is 4.39 Å². The summed E-state index contributed by atoms with van der Waals surface area (Å²) in [7, 11) is 0. The van der Waals surface area contributed by atoms with E-state index >= 15 is 0 Å². The van der Waals surface area contributed by atoms with Crippen molar-refractivity contribution in [3.8, 4) is 5.75 Å². The van der Waals surface area contributed by atoms with E-state index in [4.69, 9.17) is 33.0 Å². The fourth-order valence-corrected chi connectivity index (χ4v) is 2.90. The van der Waals surface area contributed by atoms with Crippen LogP contribution in [0, 0.1) is 5.82 Å². The molecule has 0 fully saturated rings. The molecule has 0 atom stereocenters. The first-order valence-corrected chi connectivity index (χ1v) is 8.70. The van der Waals surface area contributed by atoms with Gasteiger partial charge in [0.15, 0.2) is 0 Å². The fraction of sp³-hybridized carbons (Fsp3) is 0.100. The second-order valence-electron chi connectivity index (χ2n) is 5.84. The van der Waals surface area contributed by atoms with Crippen LogP contribution in [0.3, 0.4) is 0 Å². The van der Waals surface area contributed by atoms with Crippen LogP contribution in [0.1, 0.15) is 27.0 Å². The molecule has 3 aromatic rings. The predicted molar refractivity (Wildman–Crippen MR) is 101 cm³/mol. The largest absolute Gasteiger partial charge is 0.489 e. The summed E-state index contributed by atoms with van der Waals surface area (Å²) in [6.07, 6.45) is 3.23. The predicted octanol–water partition coefficient (Wildman–Crippen LogP) is 5.40. The Morgan fingerprint density at radius 2 is 1.78 bits per heavy atom. The van der Waals surface area contributed by atoms with Crippen molar-refractivity contribution in [3.05, 3.63) is 93.0 Å². The van der Waals surface area contributed by atoms with Gasteiger partial charge in [-0.1, -0.05) is 29.3 Å². The maximum Gasteiger partial charge on any atom is 0.337 e. The Bertz CT molecular complexity index is 995. The number of aromatic nitrogens is 1. The first kappa shape index (κ1) is 19.1. The average Bonchev–Trinajstić information content (AvgIpc) is 2.62. The summed E-state index contributed by atoms with van der Waals surface area (Å²) >= 11 is 11.8. The van der Waals surface area contributed by atoms with Gasteiger partial charge in [0.05, 0.1) is 5.56 Å². The maximum atomic E-state index is 13.9. The molecule has 0 aliphatic carbocycles. The molecule has 27 heavy (non-hydrogen) atoms.